The lowest BCUT2D eigenvalue weighted by Gasteiger charge is -2.35. The van der Waals surface area contributed by atoms with Crippen molar-refractivity contribution in [1.82, 2.24) is 10.2 Å². The van der Waals surface area contributed by atoms with Crippen molar-refractivity contribution in [1.29, 1.82) is 0 Å². The summed E-state index contributed by atoms with van der Waals surface area (Å²) < 4.78 is 48.1. The molecule has 0 aliphatic heterocycles. The molecule has 220 valence electrons. The van der Waals surface area contributed by atoms with E-state index in [1.54, 1.807) is 43.3 Å². The molecule has 0 bridgehead atoms. The lowest BCUT2D eigenvalue weighted by atomic mass is 10.1. The SMILES string of the molecule is CC[C@@H](C(=O)NC(C)(C)C)N(Cc1ccc(F)cc1)C(=O)CN(c1ccccc1OC)S(=O)(=O)c1ccc(C)cc1. The maximum absolute atomic E-state index is 14.1. The van der Waals surface area contributed by atoms with E-state index in [9.17, 15) is 22.4 Å². The molecule has 1 atom stereocenters. The number of nitrogens with one attached hydrogen (secondary N) is 1. The second-order valence-electron chi connectivity index (χ2n) is 10.8. The number of halogens is 1. The minimum Gasteiger partial charge on any atom is -0.495 e. The summed E-state index contributed by atoms with van der Waals surface area (Å²) in [6, 6.07) is 17.6. The van der Waals surface area contributed by atoms with E-state index in [-0.39, 0.29) is 35.2 Å². The number of nitrogens with zero attached hydrogens (tertiary/aromatic N) is 2. The number of hydrogen-bond donors (Lipinski definition) is 1. The summed E-state index contributed by atoms with van der Waals surface area (Å²) in [5.41, 5.74) is 1.09. The topological polar surface area (TPSA) is 96.0 Å². The zero-order valence-electron chi connectivity index (χ0n) is 24.3. The van der Waals surface area contributed by atoms with Gasteiger partial charge in [0.15, 0.2) is 0 Å². The molecule has 2 amide bonds. The van der Waals surface area contributed by atoms with E-state index < -0.39 is 39.9 Å². The predicted octanol–water partition coefficient (Wildman–Crippen LogP) is 5.06. The minimum atomic E-state index is -4.24. The molecule has 0 aromatic heterocycles. The normalized spacial score (nSPS) is 12.4. The van der Waals surface area contributed by atoms with Gasteiger partial charge in [-0.05, 0) is 76.1 Å². The molecular weight excluding hydrogens is 545 g/mol. The van der Waals surface area contributed by atoms with Crippen LogP contribution in [0.15, 0.2) is 77.7 Å². The Hall–Kier alpha value is -3.92. The Bertz CT molecular complexity index is 1450. The molecule has 3 aromatic carbocycles. The first-order chi connectivity index (χ1) is 19.3. The van der Waals surface area contributed by atoms with Crippen molar-refractivity contribution in [3.05, 3.63) is 89.7 Å². The maximum atomic E-state index is 14.1. The van der Waals surface area contributed by atoms with E-state index in [1.165, 1.54) is 48.4 Å². The van der Waals surface area contributed by atoms with E-state index in [1.807, 2.05) is 27.7 Å². The van der Waals surface area contributed by atoms with Gasteiger partial charge in [0, 0.05) is 12.1 Å². The highest BCUT2D eigenvalue weighted by Crippen LogP contribution is 2.32. The number of aryl methyl sites for hydroxylation is 1. The predicted molar refractivity (Wildman–Crippen MR) is 158 cm³/mol. The molecule has 0 spiro atoms. The number of benzene rings is 3. The summed E-state index contributed by atoms with van der Waals surface area (Å²) in [6.45, 7) is 8.50. The standard InChI is InChI=1S/C31H38FN3O5S/c1-7-26(30(37)33-31(3,4)5)34(20-23-14-16-24(32)17-15-23)29(36)21-35(27-10-8-9-11-28(27)40-6)41(38,39)25-18-12-22(2)13-19-25/h8-19,26H,7,20-21H2,1-6H3,(H,33,37)/t26-/m0/s1. The van der Waals surface area contributed by atoms with E-state index >= 15 is 0 Å². The van der Waals surface area contributed by atoms with Crippen molar-refractivity contribution in [2.24, 2.45) is 0 Å². The van der Waals surface area contributed by atoms with E-state index in [0.717, 1.165) is 9.87 Å². The Morgan fingerprint density at radius 2 is 1.59 bits per heavy atom. The number of para-hydroxylation sites is 2. The highest BCUT2D eigenvalue weighted by atomic mass is 32.2. The van der Waals surface area contributed by atoms with Crippen LogP contribution in [0.2, 0.25) is 0 Å². The number of carbonyl (C=O) groups is 2. The zero-order chi connectivity index (χ0) is 30.4. The third-order valence-electron chi connectivity index (χ3n) is 6.39. The van der Waals surface area contributed by atoms with Crippen molar-refractivity contribution in [3.8, 4) is 5.75 Å². The Balaban J connectivity index is 2.10. The lowest BCUT2D eigenvalue weighted by Crippen LogP contribution is -2.55. The molecule has 0 saturated heterocycles. The van der Waals surface area contributed by atoms with Gasteiger partial charge in [0.2, 0.25) is 11.8 Å². The fourth-order valence-electron chi connectivity index (χ4n) is 4.35. The van der Waals surface area contributed by atoms with Crippen LogP contribution in [0.5, 0.6) is 5.75 Å². The molecule has 3 aromatic rings. The molecule has 0 aliphatic carbocycles. The summed E-state index contributed by atoms with van der Waals surface area (Å²) >= 11 is 0. The second-order valence-corrected chi connectivity index (χ2v) is 12.7. The molecule has 0 radical (unpaired) electrons. The second kappa shape index (κ2) is 13.2. The molecule has 0 unspecified atom stereocenters. The minimum absolute atomic E-state index is 0.00408. The molecule has 3 rings (SSSR count). The average molecular weight is 584 g/mol. The first-order valence-corrected chi connectivity index (χ1v) is 14.8. The number of carbonyl (C=O) groups excluding carboxylic acids is 2. The van der Waals surface area contributed by atoms with Crippen LogP contribution < -0.4 is 14.4 Å². The average Bonchev–Trinajstić information content (AvgIpc) is 2.91. The van der Waals surface area contributed by atoms with Gasteiger partial charge in [0.1, 0.15) is 24.2 Å². The van der Waals surface area contributed by atoms with Gasteiger partial charge in [-0.1, -0.05) is 48.9 Å². The molecule has 0 heterocycles. The van der Waals surface area contributed by atoms with Crippen molar-refractivity contribution in [3.63, 3.8) is 0 Å². The van der Waals surface area contributed by atoms with Crippen LogP contribution in [0, 0.1) is 12.7 Å². The fraction of sp³-hybridized carbons (Fsp3) is 0.355. The monoisotopic (exact) mass is 583 g/mol. The van der Waals surface area contributed by atoms with Crippen LogP contribution in [0.1, 0.15) is 45.2 Å². The number of rotatable bonds is 11. The van der Waals surface area contributed by atoms with Crippen LogP contribution in [-0.4, -0.2) is 50.4 Å². The Morgan fingerprint density at radius 1 is 0.976 bits per heavy atom. The van der Waals surface area contributed by atoms with Gasteiger partial charge in [-0.3, -0.25) is 13.9 Å². The van der Waals surface area contributed by atoms with Crippen molar-refractivity contribution in [2.45, 2.75) is 64.1 Å². The highest BCUT2D eigenvalue weighted by molar-refractivity contribution is 7.92. The quantitative estimate of drug-likeness (QED) is 0.341. The highest BCUT2D eigenvalue weighted by Gasteiger charge is 2.35. The van der Waals surface area contributed by atoms with Crippen molar-refractivity contribution in [2.75, 3.05) is 18.0 Å². The first-order valence-electron chi connectivity index (χ1n) is 13.3. The number of ether oxygens (including phenoxy) is 1. The molecule has 1 N–H and O–H groups in total. The van der Waals surface area contributed by atoms with Crippen LogP contribution in [-0.2, 0) is 26.2 Å². The van der Waals surface area contributed by atoms with E-state index in [0.29, 0.717) is 5.56 Å². The summed E-state index contributed by atoms with van der Waals surface area (Å²) in [5.74, 6) is -1.15. The van der Waals surface area contributed by atoms with E-state index in [2.05, 4.69) is 5.32 Å². The Morgan fingerprint density at radius 3 is 2.15 bits per heavy atom. The van der Waals surface area contributed by atoms with Gasteiger partial charge in [-0.25, -0.2) is 12.8 Å². The molecule has 0 fully saturated rings. The Kier molecular flexibility index (Phi) is 10.1. The smallest absolute Gasteiger partial charge is 0.264 e. The van der Waals surface area contributed by atoms with Crippen molar-refractivity contribution >= 4 is 27.5 Å². The number of methoxy groups -OCH3 is 1. The van der Waals surface area contributed by atoms with Gasteiger partial charge in [0.25, 0.3) is 10.0 Å². The number of hydrogen-bond acceptors (Lipinski definition) is 5. The third kappa shape index (κ3) is 8.07. The zero-order valence-corrected chi connectivity index (χ0v) is 25.2. The van der Waals surface area contributed by atoms with Gasteiger partial charge in [-0.15, -0.1) is 0 Å². The summed E-state index contributed by atoms with van der Waals surface area (Å²) in [5, 5.41) is 2.92. The van der Waals surface area contributed by atoms with Gasteiger partial charge in [-0.2, -0.15) is 0 Å². The maximum Gasteiger partial charge on any atom is 0.264 e. The number of amides is 2. The van der Waals surface area contributed by atoms with E-state index in [4.69, 9.17) is 4.74 Å². The summed E-state index contributed by atoms with van der Waals surface area (Å²) in [6.07, 6.45) is 0.272. The summed E-state index contributed by atoms with van der Waals surface area (Å²) in [7, 11) is -2.82. The van der Waals surface area contributed by atoms with Crippen LogP contribution in [0.25, 0.3) is 0 Å². The third-order valence-corrected chi connectivity index (χ3v) is 8.17. The molecule has 0 aliphatic rings. The van der Waals surface area contributed by atoms with Crippen LogP contribution in [0.4, 0.5) is 10.1 Å². The first kappa shape index (κ1) is 31.6. The van der Waals surface area contributed by atoms with Crippen LogP contribution in [0.3, 0.4) is 0 Å². The van der Waals surface area contributed by atoms with Gasteiger partial charge < -0.3 is 15.0 Å². The summed E-state index contributed by atoms with van der Waals surface area (Å²) in [4.78, 5) is 28.8. The van der Waals surface area contributed by atoms with Gasteiger partial charge in [0.05, 0.1) is 17.7 Å². The number of anilines is 1. The molecule has 10 heteroatoms. The van der Waals surface area contributed by atoms with Crippen molar-refractivity contribution < 1.29 is 27.1 Å². The largest absolute Gasteiger partial charge is 0.495 e. The number of sulfonamides is 1. The molecular formula is C31H38FN3O5S. The Labute approximate surface area is 242 Å². The molecule has 41 heavy (non-hydrogen) atoms. The fourth-order valence-corrected chi connectivity index (χ4v) is 5.77. The van der Waals surface area contributed by atoms with Crippen LogP contribution >= 0.6 is 0 Å². The molecule has 8 nitrogen and oxygen atoms in total. The lowest BCUT2D eigenvalue weighted by molar-refractivity contribution is -0.141. The molecule has 0 saturated carbocycles. The van der Waals surface area contributed by atoms with Gasteiger partial charge >= 0.3 is 0 Å².